The van der Waals surface area contributed by atoms with E-state index in [0.717, 1.165) is 17.5 Å². The number of ether oxygens (including phenoxy) is 3. The third-order valence-corrected chi connectivity index (χ3v) is 5.27. The fourth-order valence-electron chi connectivity index (χ4n) is 3.95. The second-order valence-electron chi connectivity index (χ2n) is 7.91. The van der Waals surface area contributed by atoms with E-state index in [4.69, 9.17) is 14.2 Å². The SMILES string of the molecule is COC(=O)c1ccc(/C=C2\Oc3c(ccc4c3C(CC(C)C)CC(=O)O4)C2=O)cc1. The second kappa shape index (κ2) is 7.78. The molecule has 6 nitrogen and oxygen atoms in total. The van der Waals surface area contributed by atoms with Crippen molar-refractivity contribution in [3.8, 4) is 11.5 Å². The highest BCUT2D eigenvalue weighted by Crippen LogP contribution is 2.48. The molecule has 154 valence electrons. The first-order valence-corrected chi connectivity index (χ1v) is 9.87. The van der Waals surface area contributed by atoms with Gasteiger partial charge in [-0.2, -0.15) is 0 Å². The molecule has 0 amide bonds. The smallest absolute Gasteiger partial charge is 0.337 e. The molecule has 0 bridgehead atoms. The summed E-state index contributed by atoms with van der Waals surface area (Å²) in [4.78, 5) is 36.5. The molecular weight excluding hydrogens is 384 g/mol. The Labute approximate surface area is 174 Å². The van der Waals surface area contributed by atoms with Gasteiger partial charge in [-0.25, -0.2) is 4.79 Å². The molecule has 0 N–H and O–H groups in total. The van der Waals surface area contributed by atoms with Crippen LogP contribution in [0.25, 0.3) is 6.08 Å². The van der Waals surface area contributed by atoms with Crippen molar-refractivity contribution in [2.45, 2.75) is 32.6 Å². The maximum absolute atomic E-state index is 12.9. The van der Waals surface area contributed by atoms with Crippen molar-refractivity contribution < 1.29 is 28.6 Å². The lowest BCUT2D eigenvalue weighted by molar-refractivity contribution is -0.136. The zero-order valence-electron chi connectivity index (χ0n) is 17.1. The van der Waals surface area contributed by atoms with Gasteiger partial charge in [-0.15, -0.1) is 0 Å². The van der Waals surface area contributed by atoms with Gasteiger partial charge in [0.05, 0.1) is 24.7 Å². The summed E-state index contributed by atoms with van der Waals surface area (Å²) in [5.41, 5.74) is 2.41. The third-order valence-electron chi connectivity index (χ3n) is 5.27. The Morgan fingerprint density at radius 2 is 1.87 bits per heavy atom. The molecule has 0 radical (unpaired) electrons. The van der Waals surface area contributed by atoms with Crippen molar-refractivity contribution in [2.75, 3.05) is 7.11 Å². The van der Waals surface area contributed by atoms with E-state index in [9.17, 15) is 14.4 Å². The normalized spacial score (nSPS) is 18.7. The van der Waals surface area contributed by atoms with Crippen LogP contribution in [0.2, 0.25) is 0 Å². The van der Waals surface area contributed by atoms with E-state index >= 15 is 0 Å². The number of carbonyl (C=O) groups is 3. The minimum atomic E-state index is -0.424. The maximum atomic E-state index is 12.9. The molecule has 0 aromatic heterocycles. The fourth-order valence-corrected chi connectivity index (χ4v) is 3.95. The van der Waals surface area contributed by atoms with Crippen LogP contribution in [0.4, 0.5) is 0 Å². The zero-order chi connectivity index (χ0) is 21.4. The zero-order valence-corrected chi connectivity index (χ0v) is 17.1. The highest BCUT2D eigenvalue weighted by Gasteiger charge is 2.37. The predicted octanol–water partition coefficient (Wildman–Crippen LogP) is 4.53. The van der Waals surface area contributed by atoms with E-state index in [-0.39, 0.29) is 29.9 Å². The van der Waals surface area contributed by atoms with E-state index in [1.807, 2.05) is 0 Å². The Kier molecular flexibility index (Phi) is 5.16. The first-order chi connectivity index (χ1) is 14.4. The number of methoxy groups -OCH3 is 1. The first-order valence-electron chi connectivity index (χ1n) is 9.87. The number of carbonyl (C=O) groups excluding carboxylic acids is 3. The molecule has 0 spiro atoms. The molecule has 6 heteroatoms. The highest BCUT2D eigenvalue weighted by molar-refractivity contribution is 6.15. The Hall–Kier alpha value is -3.41. The molecule has 0 saturated carbocycles. The number of rotatable bonds is 4. The number of allylic oxidation sites excluding steroid dienone is 1. The Balaban J connectivity index is 1.68. The summed E-state index contributed by atoms with van der Waals surface area (Å²) in [7, 11) is 1.32. The molecule has 2 aromatic carbocycles. The summed E-state index contributed by atoms with van der Waals surface area (Å²) in [5.74, 6) is 0.563. The van der Waals surface area contributed by atoms with Crippen LogP contribution in [0.3, 0.4) is 0 Å². The van der Waals surface area contributed by atoms with Crippen molar-refractivity contribution in [3.63, 3.8) is 0 Å². The Morgan fingerprint density at radius 1 is 1.13 bits per heavy atom. The van der Waals surface area contributed by atoms with E-state index in [2.05, 4.69) is 13.8 Å². The van der Waals surface area contributed by atoms with Gasteiger partial charge < -0.3 is 14.2 Å². The standard InChI is InChI=1S/C24H22O6/c1-13(2)10-16-12-20(25)29-18-9-8-17-22(26)19(30-23(17)21(16)18)11-14-4-6-15(7-5-14)24(27)28-3/h4-9,11,13,16H,10,12H2,1-3H3/b19-11-. The first kappa shape index (κ1) is 19.9. The van der Waals surface area contributed by atoms with Crippen molar-refractivity contribution in [1.29, 1.82) is 0 Å². The van der Waals surface area contributed by atoms with Crippen molar-refractivity contribution in [2.24, 2.45) is 5.92 Å². The van der Waals surface area contributed by atoms with E-state index in [1.165, 1.54) is 7.11 Å². The summed E-state index contributed by atoms with van der Waals surface area (Å²) in [6.07, 6.45) is 2.71. The van der Waals surface area contributed by atoms with Crippen LogP contribution >= 0.6 is 0 Å². The number of fused-ring (bicyclic) bond motifs is 3. The maximum Gasteiger partial charge on any atom is 0.337 e. The minimum absolute atomic E-state index is 0.0531. The van der Waals surface area contributed by atoms with Crippen LogP contribution in [-0.4, -0.2) is 24.8 Å². The van der Waals surface area contributed by atoms with Crippen LogP contribution in [0.1, 0.15) is 64.4 Å². The Bertz CT molecular complexity index is 1060. The molecule has 2 heterocycles. The number of ketones is 1. The minimum Gasteiger partial charge on any atom is -0.465 e. The molecule has 30 heavy (non-hydrogen) atoms. The topological polar surface area (TPSA) is 78.9 Å². The number of esters is 2. The van der Waals surface area contributed by atoms with Crippen LogP contribution in [0.5, 0.6) is 11.5 Å². The molecule has 0 fully saturated rings. The molecule has 2 aliphatic rings. The number of hydrogen-bond acceptors (Lipinski definition) is 6. The van der Waals surface area contributed by atoms with Gasteiger partial charge in [-0.05, 0) is 48.2 Å². The average molecular weight is 406 g/mol. The van der Waals surface area contributed by atoms with Crippen LogP contribution in [0.15, 0.2) is 42.2 Å². The lowest BCUT2D eigenvalue weighted by Crippen LogP contribution is -2.21. The summed E-state index contributed by atoms with van der Waals surface area (Å²) < 4.78 is 16.1. The summed E-state index contributed by atoms with van der Waals surface area (Å²) in [5, 5.41) is 0. The Morgan fingerprint density at radius 3 is 2.53 bits per heavy atom. The quantitative estimate of drug-likeness (QED) is 0.422. The van der Waals surface area contributed by atoms with Gasteiger partial charge in [0.15, 0.2) is 5.76 Å². The number of Topliss-reactive ketones (excluding diaryl/α,β-unsaturated/α-hetero) is 1. The molecule has 0 aliphatic carbocycles. The predicted molar refractivity (Wildman–Crippen MR) is 110 cm³/mol. The molecule has 1 unspecified atom stereocenters. The fraction of sp³-hybridized carbons (Fsp3) is 0.292. The molecule has 4 rings (SSSR count). The van der Waals surface area contributed by atoms with Crippen LogP contribution in [-0.2, 0) is 9.53 Å². The second-order valence-corrected chi connectivity index (χ2v) is 7.91. The average Bonchev–Trinajstić information content (AvgIpc) is 3.02. The van der Waals surface area contributed by atoms with Gasteiger partial charge in [0.25, 0.3) is 0 Å². The lowest BCUT2D eigenvalue weighted by Gasteiger charge is -2.27. The largest absolute Gasteiger partial charge is 0.465 e. The molecular formula is C24H22O6. The lowest BCUT2D eigenvalue weighted by atomic mass is 9.84. The number of benzene rings is 2. The number of hydrogen-bond donors (Lipinski definition) is 0. The third kappa shape index (κ3) is 3.61. The monoisotopic (exact) mass is 406 g/mol. The van der Waals surface area contributed by atoms with E-state index in [0.29, 0.717) is 28.5 Å². The van der Waals surface area contributed by atoms with Gasteiger partial charge >= 0.3 is 11.9 Å². The van der Waals surface area contributed by atoms with Gasteiger partial charge in [-0.3, -0.25) is 9.59 Å². The van der Waals surface area contributed by atoms with Gasteiger partial charge in [0.1, 0.15) is 11.5 Å². The molecule has 0 saturated heterocycles. The summed E-state index contributed by atoms with van der Waals surface area (Å²) in [6.45, 7) is 4.19. The van der Waals surface area contributed by atoms with E-state index in [1.54, 1.807) is 42.5 Å². The van der Waals surface area contributed by atoms with E-state index < -0.39 is 5.97 Å². The van der Waals surface area contributed by atoms with Crippen molar-refractivity contribution >= 4 is 23.8 Å². The van der Waals surface area contributed by atoms with Gasteiger partial charge in [0, 0.05) is 11.5 Å². The van der Waals surface area contributed by atoms with Crippen molar-refractivity contribution in [3.05, 3.63) is 64.4 Å². The summed E-state index contributed by atoms with van der Waals surface area (Å²) >= 11 is 0. The molecule has 2 aliphatic heterocycles. The van der Waals surface area contributed by atoms with Gasteiger partial charge in [-0.1, -0.05) is 26.0 Å². The summed E-state index contributed by atoms with van der Waals surface area (Å²) in [6, 6.07) is 10.0. The highest BCUT2D eigenvalue weighted by atomic mass is 16.5. The van der Waals surface area contributed by atoms with Crippen molar-refractivity contribution in [1.82, 2.24) is 0 Å². The van der Waals surface area contributed by atoms with Gasteiger partial charge in [0.2, 0.25) is 5.78 Å². The molecule has 1 atom stereocenters. The molecule has 2 aromatic rings. The van der Waals surface area contributed by atoms with Crippen LogP contribution in [0, 0.1) is 5.92 Å². The van der Waals surface area contributed by atoms with Crippen LogP contribution < -0.4 is 9.47 Å².